The van der Waals surface area contributed by atoms with Crippen LogP contribution in [-0.4, -0.2) is 48.8 Å². The molecule has 0 radical (unpaired) electrons. The number of nitrogens with one attached hydrogen (secondary N) is 1. The Bertz CT molecular complexity index is 261. The standard InChI is InChI=1S/C15H30N2O/c1-5-13-10-17(14(9-16-13)12(2)3)15(4)7-6-8-18-11-15/h12-14,16H,5-11H2,1-4H3. The zero-order valence-electron chi connectivity index (χ0n) is 12.5. The van der Waals surface area contributed by atoms with Gasteiger partial charge in [-0.25, -0.2) is 0 Å². The van der Waals surface area contributed by atoms with Crippen molar-refractivity contribution in [3.63, 3.8) is 0 Å². The van der Waals surface area contributed by atoms with Gasteiger partial charge in [0.1, 0.15) is 0 Å². The Labute approximate surface area is 112 Å². The highest BCUT2D eigenvalue weighted by Gasteiger charge is 2.41. The molecule has 3 heteroatoms. The lowest BCUT2D eigenvalue weighted by Crippen LogP contribution is -2.66. The van der Waals surface area contributed by atoms with E-state index in [1.165, 1.54) is 25.8 Å². The number of nitrogens with zero attached hydrogens (tertiary/aromatic N) is 1. The van der Waals surface area contributed by atoms with Crippen LogP contribution in [0.3, 0.4) is 0 Å². The average Bonchev–Trinajstić information content (AvgIpc) is 2.38. The first-order valence-electron chi connectivity index (χ1n) is 7.64. The minimum Gasteiger partial charge on any atom is -0.380 e. The Morgan fingerprint density at radius 3 is 2.78 bits per heavy atom. The van der Waals surface area contributed by atoms with Gasteiger partial charge in [-0.3, -0.25) is 4.90 Å². The molecule has 3 unspecified atom stereocenters. The maximum Gasteiger partial charge on any atom is 0.0647 e. The number of ether oxygens (including phenoxy) is 1. The van der Waals surface area contributed by atoms with Crippen molar-refractivity contribution in [2.75, 3.05) is 26.3 Å². The fourth-order valence-corrected chi connectivity index (χ4v) is 3.47. The summed E-state index contributed by atoms with van der Waals surface area (Å²) in [7, 11) is 0. The van der Waals surface area contributed by atoms with Gasteiger partial charge in [0.15, 0.2) is 0 Å². The molecule has 2 heterocycles. The van der Waals surface area contributed by atoms with Gasteiger partial charge in [0, 0.05) is 37.3 Å². The molecule has 0 aliphatic carbocycles. The molecule has 3 atom stereocenters. The van der Waals surface area contributed by atoms with E-state index in [1.54, 1.807) is 0 Å². The SMILES string of the molecule is CCC1CN(C2(C)CCCOC2)C(C(C)C)CN1. The molecule has 0 aromatic rings. The molecule has 2 saturated heterocycles. The summed E-state index contributed by atoms with van der Waals surface area (Å²) in [4.78, 5) is 2.75. The van der Waals surface area contributed by atoms with Crippen LogP contribution in [0.4, 0.5) is 0 Å². The molecule has 0 saturated carbocycles. The Morgan fingerprint density at radius 1 is 1.44 bits per heavy atom. The van der Waals surface area contributed by atoms with Crippen LogP contribution in [0.15, 0.2) is 0 Å². The predicted molar refractivity (Wildman–Crippen MR) is 75.9 cm³/mol. The van der Waals surface area contributed by atoms with Crippen molar-refractivity contribution in [2.24, 2.45) is 5.92 Å². The van der Waals surface area contributed by atoms with Gasteiger partial charge >= 0.3 is 0 Å². The molecule has 0 aromatic carbocycles. The summed E-state index contributed by atoms with van der Waals surface area (Å²) in [5.74, 6) is 0.703. The van der Waals surface area contributed by atoms with Crippen molar-refractivity contribution in [1.82, 2.24) is 10.2 Å². The first-order valence-corrected chi connectivity index (χ1v) is 7.64. The lowest BCUT2D eigenvalue weighted by atomic mass is 9.86. The van der Waals surface area contributed by atoms with E-state index in [2.05, 4.69) is 37.9 Å². The van der Waals surface area contributed by atoms with Crippen LogP contribution >= 0.6 is 0 Å². The smallest absolute Gasteiger partial charge is 0.0647 e. The molecular formula is C15H30N2O. The van der Waals surface area contributed by atoms with Crippen LogP contribution in [0.2, 0.25) is 0 Å². The monoisotopic (exact) mass is 254 g/mol. The molecule has 18 heavy (non-hydrogen) atoms. The van der Waals surface area contributed by atoms with Gasteiger partial charge < -0.3 is 10.1 Å². The number of piperazine rings is 1. The summed E-state index contributed by atoms with van der Waals surface area (Å²) in [6, 6.07) is 1.30. The highest BCUT2D eigenvalue weighted by Crippen LogP contribution is 2.31. The van der Waals surface area contributed by atoms with E-state index >= 15 is 0 Å². The topological polar surface area (TPSA) is 24.5 Å². The Morgan fingerprint density at radius 2 is 2.22 bits per heavy atom. The second-order valence-corrected chi connectivity index (χ2v) is 6.63. The van der Waals surface area contributed by atoms with E-state index < -0.39 is 0 Å². The fourth-order valence-electron chi connectivity index (χ4n) is 3.47. The predicted octanol–water partition coefficient (Wildman–Crippen LogP) is 2.26. The number of hydrogen-bond donors (Lipinski definition) is 1. The second kappa shape index (κ2) is 5.89. The van der Waals surface area contributed by atoms with E-state index in [0.717, 1.165) is 19.8 Å². The van der Waals surface area contributed by atoms with Crippen molar-refractivity contribution in [1.29, 1.82) is 0 Å². The largest absolute Gasteiger partial charge is 0.380 e. The van der Waals surface area contributed by atoms with E-state index in [-0.39, 0.29) is 5.54 Å². The third kappa shape index (κ3) is 2.89. The van der Waals surface area contributed by atoms with Crippen LogP contribution in [0.5, 0.6) is 0 Å². The average molecular weight is 254 g/mol. The van der Waals surface area contributed by atoms with E-state index in [0.29, 0.717) is 18.0 Å². The third-order valence-corrected chi connectivity index (χ3v) is 4.81. The quantitative estimate of drug-likeness (QED) is 0.836. The van der Waals surface area contributed by atoms with E-state index in [1.807, 2.05) is 0 Å². The summed E-state index contributed by atoms with van der Waals surface area (Å²) in [5, 5.41) is 3.70. The van der Waals surface area contributed by atoms with Crippen molar-refractivity contribution >= 4 is 0 Å². The molecule has 0 spiro atoms. The van der Waals surface area contributed by atoms with Gasteiger partial charge in [-0.05, 0) is 32.1 Å². The van der Waals surface area contributed by atoms with Gasteiger partial charge in [-0.1, -0.05) is 20.8 Å². The summed E-state index contributed by atoms with van der Waals surface area (Å²) in [6.45, 7) is 13.5. The van der Waals surface area contributed by atoms with Crippen LogP contribution in [0.1, 0.15) is 47.0 Å². The molecule has 1 N–H and O–H groups in total. The molecule has 0 aromatic heterocycles. The van der Waals surface area contributed by atoms with Crippen LogP contribution in [0, 0.1) is 5.92 Å². The molecule has 2 aliphatic rings. The Balaban J connectivity index is 2.12. The van der Waals surface area contributed by atoms with E-state index in [9.17, 15) is 0 Å². The Hall–Kier alpha value is -0.120. The van der Waals surface area contributed by atoms with Gasteiger partial charge in [0.2, 0.25) is 0 Å². The zero-order valence-corrected chi connectivity index (χ0v) is 12.5. The Kier molecular flexibility index (Phi) is 4.68. The van der Waals surface area contributed by atoms with Crippen molar-refractivity contribution in [3.8, 4) is 0 Å². The summed E-state index contributed by atoms with van der Waals surface area (Å²) in [5.41, 5.74) is 0.253. The highest BCUT2D eigenvalue weighted by atomic mass is 16.5. The van der Waals surface area contributed by atoms with Gasteiger partial charge in [0.25, 0.3) is 0 Å². The van der Waals surface area contributed by atoms with Gasteiger partial charge in [0.05, 0.1) is 6.61 Å². The summed E-state index contributed by atoms with van der Waals surface area (Å²) < 4.78 is 5.77. The van der Waals surface area contributed by atoms with E-state index in [4.69, 9.17) is 4.74 Å². The van der Waals surface area contributed by atoms with Crippen molar-refractivity contribution in [3.05, 3.63) is 0 Å². The van der Waals surface area contributed by atoms with Crippen LogP contribution in [0.25, 0.3) is 0 Å². The summed E-state index contributed by atoms with van der Waals surface area (Å²) >= 11 is 0. The molecule has 2 fully saturated rings. The lowest BCUT2D eigenvalue weighted by molar-refractivity contribution is -0.0801. The number of rotatable bonds is 3. The first kappa shape index (κ1) is 14.3. The molecule has 2 rings (SSSR count). The maximum absolute atomic E-state index is 5.77. The van der Waals surface area contributed by atoms with Gasteiger partial charge in [-0.2, -0.15) is 0 Å². The molecule has 0 amide bonds. The molecule has 0 bridgehead atoms. The van der Waals surface area contributed by atoms with Crippen molar-refractivity contribution in [2.45, 2.75) is 64.6 Å². The first-order chi connectivity index (χ1) is 8.57. The molecule has 3 nitrogen and oxygen atoms in total. The normalized spacial score (nSPS) is 39.2. The number of hydrogen-bond acceptors (Lipinski definition) is 3. The fraction of sp³-hybridized carbons (Fsp3) is 1.00. The zero-order chi connectivity index (χ0) is 13.2. The minimum atomic E-state index is 0.253. The second-order valence-electron chi connectivity index (χ2n) is 6.63. The van der Waals surface area contributed by atoms with Gasteiger partial charge in [-0.15, -0.1) is 0 Å². The highest BCUT2D eigenvalue weighted by molar-refractivity contribution is 4.98. The lowest BCUT2D eigenvalue weighted by Gasteiger charge is -2.53. The third-order valence-electron chi connectivity index (χ3n) is 4.81. The molecular weight excluding hydrogens is 224 g/mol. The minimum absolute atomic E-state index is 0.253. The molecule has 2 aliphatic heterocycles. The summed E-state index contributed by atoms with van der Waals surface area (Å²) in [6.07, 6.45) is 3.72. The maximum atomic E-state index is 5.77. The van der Waals surface area contributed by atoms with Crippen LogP contribution < -0.4 is 5.32 Å². The van der Waals surface area contributed by atoms with Crippen LogP contribution in [-0.2, 0) is 4.74 Å². The molecule has 106 valence electrons. The van der Waals surface area contributed by atoms with Crippen molar-refractivity contribution < 1.29 is 4.74 Å².